The Bertz CT molecular complexity index is 197. The Morgan fingerprint density at radius 3 is 2.14 bits per heavy atom. The van der Waals surface area contributed by atoms with Gasteiger partial charge in [-0.15, -0.1) is 0 Å². The van der Waals surface area contributed by atoms with Crippen LogP contribution < -0.4 is 5.32 Å². The van der Waals surface area contributed by atoms with Crippen molar-refractivity contribution in [3.05, 3.63) is 0 Å². The van der Waals surface area contributed by atoms with Crippen LogP contribution in [0, 0.1) is 11.3 Å². The maximum Gasteiger partial charge on any atom is 0.00684 e. The highest BCUT2D eigenvalue weighted by molar-refractivity contribution is 4.97. The normalized spacial score (nSPS) is 31.7. The van der Waals surface area contributed by atoms with Crippen LogP contribution in [0.3, 0.4) is 0 Å². The van der Waals surface area contributed by atoms with Crippen molar-refractivity contribution in [2.75, 3.05) is 6.54 Å². The largest absolute Gasteiger partial charge is 0.313 e. The van der Waals surface area contributed by atoms with Crippen LogP contribution >= 0.6 is 0 Å². The van der Waals surface area contributed by atoms with E-state index in [0.717, 1.165) is 17.4 Å². The molecular weight excluding hydrogens is 170 g/mol. The van der Waals surface area contributed by atoms with Gasteiger partial charge in [0.25, 0.3) is 0 Å². The highest BCUT2D eigenvalue weighted by atomic mass is 15.0. The van der Waals surface area contributed by atoms with Gasteiger partial charge < -0.3 is 5.32 Å². The lowest BCUT2D eigenvalue weighted by atomic mass is 9.64. The van der Waals surface area contributed by atoms with Crippen molar-refractivity contribution >= 4 is 0 Å². The van der Waals surface area contributed by atoms with Crippen LogP contribution in [0.4, 0.5) is 0 Å². The molecule has 3 aliphatic rings. The highest BCUT2D eigenvalue weighted by Gasteiger charge is 2.43. The van der Waals surface area contributed by atoms with Gasteiger partial charge in [0.2, 0.25) is 0 Å². The Morgan fingerprint density at radius 2 is 1.64 bits per heavy atom. The van der Waals surface area contributed by atoms with Crippen molar-refractivity contribution in [2.24, 2.45) is 11.3 Å². The van der Waals surface area contributed by atoms with Gasteiger partial charge in [0.15, 0.2) is 0 Å². The Hall–Kier alpha value is -0.0400. The lowest BCUT2D eigenvalue weighted by molar-refractivity contribution is 0.0867. The highest BCUT2D eigenvalue weighted by Crippen LogP contribution is 2.51. The van der Waals surface area contributed by atoms with E-state index >= 15 is 0 Å². The summed E-state index contributed by atoms with van der Waals surface area (Å²) in [5.74, 6) is 1.09. The summed E-state index contributed by atoms with van der Waals surface area (Å²) >= 11 is 0. The summed E-state index contributed by atoms with van der Waals surface area (Å²) in [7, 11) is 0. The molecule has 0 saturated heterocycles. The molecule has 0 aromatic heterocycles. The first kappa shape index (κ1) is 9.21. The predicted molar refractivity (Wildman–Crippen MR) is 59.3 cm³/mol. The molecule has 80 valence electrons. The molecule has 0 bridgehead atoms. The van der Waals surface area contributed by atoms with Gasteiger partial charge in [-0.1, -0.05) is 19.3 Å². The number of hydrogen-bond donors (Lipinski definition) is 1. The topological polar surface area (TPSA) is 12.0 Å². The Kier molecular flexibility index (Phi) is 2.31. The second-order valence-electron chi connectivity index (χ2n) is 5.85. The molecule has 1 heteroatoms. The van der Waals surface area contributed by atoms with Gasteiger partial charge in [-0.3, -0.25) is 0 Å². The average Bonchev–Trinajstić information content (AvgIpc) is 2.82. The minimum Gasteiger partial charge on any atom is -0.313 e. The van der Waals surface area contributed by atoms with Crippen molar-refractivity contribution < 1.29 is 0 Å². The second-order valence-corrected chi connectivity index (χ2v) is 5.85. The van der Waals surface area contributed by atoms with Crippen molar-refractivity contribution in [1.29, 1.82) is 0 Å². The second kappa shape index (κ2) is 3.52. The van der Waals surface area contributed by atoms with Crippen molar-refractivity contribution in [2.45, 2.75) is 63.8 Å². The van der Waals surface area contributed by atoms with Crippen LogP contribution in [-0.4, -0.2) is 12.6 Å². The van der Waals surface area contributed by atoms with Crippen LogP contribution in [0.1, 0.15) is 57.8 Å². The quantitative estimate of drug-likeness (QED) is 0.723. The molecule has 3 aliphatic carbocycles. The monoisotopic (exact) mass is 193 g/mol. The van der Waals surface area contributed by atoms with E-state index in [1.807, 2.05) is 0 Å². The van der Waals surface area contributed by atoms with Gasteiger partial charge in [-0.2, -0.15) is 0 Å². The molecule has 0 spiro atoms. The van der Waals surface area contributed by atoms with Crippen LogP contribution in [0.2, 0.25) is 0 Å². The van der Waals surface area contributed by atoms with Gasteiger partial charge in [-0.05, 0) is 49.9 Å². The Morgan fingerprint density at radius 1 is 0.929 bits per heavy atom. The van der Waals surface area contributed by atoms with Gasteiger partial charge in [0.05, 0.1) is 0 Å². The zero-order valence-electron chi connectivity index (χ0n) is 9.23. The number of nitrogens with one attached hydrogen (secondary N) is 1. The van der Waals surface area contributed by atoms with E-state index in [4.69, 9.17) is 0 Å². The minimum atomic E-state index is 0.751. The third-order valence-electron chi connectivity index (χ3n) is 4.89. The van der Waals surface area contributed by atoms with Crippen molar-refractivity contribution in [3.8, 4) is 0 Å². The van der Waals surface area contributed by atoms with E-state index in [-0.39, 0.29) is 0 Å². The maximum absolute atomic E-state index is 3.79. The molecule has 0 aromatic rings. The van der Waals surface area contributed by atoms with Crippen LogP contribution in [0.25, 0.3) is 0 Å². The van der Waals surface area contributed by atoms with E-state index in [1.54, 1.807) is 0 Å². The summed E-state index contributed by atoms with van der Waals surface area (Å²) in [4.78, 5) is 0. The van der Waals surface area contributed by atoms with Crippen LogP contribution in [0.5, 0.6) is 0 Å². The molecular formula is C13H23N. The van der Waals surface area contributed by atoms with Crippen molar-refractivity contribution in [1.82, 2.24) is 5.32 Å². The molecule has 1 nitrogen and oxygen atoms in total. The van der Waals surface area contributed by atoms with E-state index in [1.165, 1.54) is 64.3 Å². The third-order valence-corrected chi connectivity index (χ3v) is 4.89. The molecule has 0 amide bonds. The van der Waals surface area contributed by atoms with Gasteiger partial charge in [0.1, 0.15) is 0 Å². The molecule has 3 saturated carbocycles. The van der Waals surface area contributed by atoms with E-state index < -0.39 is 0 Å². The summed E-state index contributed by atoms with van der Waals surface area (Å²) in [6.45, 7) is 1.35. The summed E-state index contributed by atoms with van der Waals surface area (Å²) in [5.41, 5.74) is 0.751. The Labute approximate surface area is 87.7 Å². The SMILES string of the molecule is C1CC(C2(CNC3CC3)CCCC2)C1. The standard InChI is InChI=1S/C13H23N/c1-2-9-13(8-1,11-4-3-5-11)10-14-12-6-7-12/h11-12,14H,1-10H2. The molecule has 3 rings (SSSR count). The first-order valence-electron chi connectivity index (χ1n) is 6.62. The summed E-state index contributed by atoms with van der Waals surface area (Å²) in [5, 5.41) is 3.79. The maximum atomic E-state index is 3.79. The van der Waals surface area contributed by atoms with Crippen LogP contribution in [-0.2, 0) is 0 Å². The molecule has 1 N–H and O–H groups in total. The molecule has 0 heterocycles. The van der Waals surface area contributed by atoms with Crippen molar-refractivity contribution in [3.63, 3.8) is 0 Å². The van der Waals surface area contributed by atoms with E-state index in [9.17, 15) is 0 Å². The molecule has 0 unspecified atom stereocenters. The molecule has 0 radical (unpaired) electrons. The lowest BCUT2D eigenvalue weighted by Crippen LogP contribution is -2.42. The molecule has 3 fully saturated rings. The predicted octanol–water partition coefficient (Wildman–Crippen LogP) is 3.10. The zero-order chi connectivity index (χ0) is 9.43. The van der Waals surface area contributed by atoms with Crippen LogP contribution in [0.15, 0.2) is 0 Å². The fourth-order valence-electron chi connectivity index (χ4n) is 3.46. The third kappa shape index (κ3) is 1.60. The summed E-state index contributed by atoms with van der Waals surface area (Å²) < 4.78 is 0. The molecule has 0 aliphatic heterocycles. The van der Waals surface area contributed by atoms with E-state index in [2.05, 4.69) is 5.32 Å². The first-order chi connectivity index (χ1) is 6.89. The molecule has 0 atom stereocenters. The minimum absolute atomic E-state index is 0.751. The lowest BCUT2D eigenvalue weighted by Gasteiger charge is -2.43. The summed E-state index contributed by atoms with van der Waals surface area (Å²) in [6, 6.07) is 0.910. The van der Waals surface area contributed by atoms with Gasteiger partial charge >= 0.3 is 0 Å². The average molecular weight is 193 g/mol. The number of hydrogen-bond acceptors (Lipinski definition) is 1. The fraction of sp³-hybridized carbons (Fsp3) is 1.00. The van der Waals surface area contributed by atoms with Gasteiger partial charge in [0, 0.05) is 12.6 Å². The first-order valence-corrected chi connectivity index (χ1v) is 6.62. The van der Waals surface area contributed by atoms with E-state index in [0.29, 0.717) is 0 Å². The van der Waals surface area contributed by atoms with Gasteiger partial charge in [-0.25, -0.2) is 0 Å². The number of rotatable bonds is 4. The smallest absolute Gasteiger partial charge is 0.00684 e. The Balaban J connectivity index is 1.60. The summed E-state index contributed by atoms with van der Waals surface area (Å²) in [6.07, 6.45) is 13.5. The fourth-order valence-corrected chi connectivity index (χ4v) is 3.46. The molecule has 0 aromatic carbocycles. The molecule has 14 heavy (non-hydrogen) atoms. The zero-order valence-corrected chi connectivity index (χ0v) is 9.23.